The van der Waals surface area contributed by atoms with Gasteiger partial charge in [0.25, 0.3) is 0 Å². The summed E-state index contributed by atoms with van der Waals surface area (Å²) >= 11 is -3.04. The van der Waals surface area contributed by atoms with Crippen LogP contribution < -0.4 is 0 Å². The van der Waals surface area contributed by atoms with Crippen molar-refractivity contribution in [2.45, 2.75) is 79.4 Å². The summed E-state index contributed by atoms with van der Waals surface area (Å²) in [6.07, 6.45) is 3.96. The number of unbranched alkanes of at least 4 members (excludes halogenated alkanes) is 1. The molecule has 0 spiro atoms. The first-order chi connectivity index (χ1) is 8.90. The van der Waals surface area contributed by atoms with E-state index in [9.17, 15) is 4.79 Å². The van der Waals surface area contributed by atoms with Gasteiger partial charge < -0.3 is 0 Å². The molecule has 0 aliphatic rings. The minimum atomic E-state index is -3.04. The van der Waals surface area contributed by atoms with Gasteiger partial charge in [-0.25, -0.2) is 0 Å². The van der Waals surface area contributed by atoms with Gasteiger partial charge in [-0.05, 0) is 0 Å². The van der Waals surface area contributed by atoms with Gasteiger partial charge in [0.15, 0.2) is 0 Å². The summed E-state index contributed by atoms with van der Waals surface area (Å²) < 4.78 is 16.9. The number of carbonyl (C=O) groups excluding carboxylic acids is 1. The monoisotopic (exact) mass is 470 g/mol. The van der Waals surface area contributed by atoms with Crippen molar-refractivity contribution in [2.75, 3.05) is 0 Å². The molecule has 114 valence electrons. The van der Waals surface area contributed by atoms with E-state index in [1.54, 1.807) is 0 Å². The zero-order valence-corrected chi connectivity index (χ0v) is 16.6. The Morgan fingerprint density at radius 1 is 1.05 bits per heavy atom. The molecule has 0 fully saturated rings. The molecule has 0 N–H and O–H groups in total. The minimum absolute atomic E-state index is 0.0102. The van der Waals surface area contributed by atoms with Crippen LogP contribution in [0.25, 0.3) is 0 Å². The average Bonchev–Trinajstić information content (AvgIpc) is 2.28. The van der Waals surface area contributed by atoms with E-state index in [1.165, 1.54) is 0 Å². The van der Waals surface area contributed by atoms with Gasteiger partial charge in [0.1, 0.15) is 0 Å². The molecule has 0 bridgehead atoms. The zero-order chi connectivity index (χ0) is 14.8. The van der Waals surface area contributed by atoms with Crippen molar-refractivity contribution in [2.24, 2.45) is 5.92 Å². The Morgan fingerprint density at radius 3 is 1.95 bits per heavy atom. The van der Waals surface area contributed by atoms with Crippen molar-refractivity contribution in [3.63, 3.8) is 0 Å². The molecular formula is C14H29BiO4. The third-order valence-electron chi connectivity index (χ3n) is 2.49. The van der Waals surface area contributed by atoms with Crippen LogP contribution in [0, 0.1) is 5.92 Å². The number of carbonyl (C=O) groups is 1. The Morgan fingerprint density at radius 2 is 1.58 bits per heavy atom. The van der Waals surface area contributed by atoms with E-state index in [2.05, 4.69) is 6.92 Å². The first-order valence-corrected chi connectivity index (χ1v) is 11.5. The zero-order valence-electron chi connectivity index (χ0n) is 13.1. The second kappa shape index (κ2) is 11.0. The fourth-order valence-corrected chi connectivity index (χ4v) is 5.85. The van der Waals surface area contributed by atoms with Crippen molar-refractivity contribution >= 4 is 29.0 Å². The van der Waals surface area contributed by atoms with Crippen molar-refractivity contribution in [3.05, 3.63) is 0 Å². The summed E-state index contributed by atoms with van der Waals surface area (Å²) in [7, 11) is 0. The van der Waals surface area contributed by atoms with Gasteiger partial charge in [0.05, 0.1) is 0 Å². The van der Waals surface area contributed by atoms with E-state index >= 15 is 0 Å². The molecule has 1 unspecified atom stereocenters. The molecule has 0 aliphatic carbocycles. The van der Waals surface area contributed by atoms with Crippen molar-refractivity contribution in [3.8, 4) is 0 Å². The van der Waals surface area contributed by atoms with Crippen molar-refractivity contribution in [1.29, 1.82) is 0 Å². The van der Waals surface area contributed by atoms with Crippen LogP contribution in [0.3, 0.4) is 0 Å². The molecular weight excluding hydrogens is 441 g/mol. The summed E-state index contributed by atoms with van der Waals surface area (Å²) in [6.45, 7) is 11.9. The first-order valence-electron chi connectivity index (χ1n) is 7.26. The molecule has 19 heavy (non-hydrogen) atoms. The molecule has 0 aromatic heterocycles. The molecule has 5 heteroatoms. The van der Waals surface area contributed by atoms with E-state index in [0.29, 0.717) is 0 Å². The number of rotatable bonds is 10. The Hall–Kier alpha value is 0.273. The molecule has 0 amide bonds. The molecule has 0 aromatic rings. The maximum absolute atomic E-state index is 12.1. The van der Waals surface area contributed by atoms with Crippen LogP contribution in [0.2, 0.25) is 0 Å². The predicted molar refractivity (Wildman–Crippen MR) is 77.6 cm³/mol. The third-order valence-corrected chi connectivity index (χ3v) is 8.39. The van der Waals surface area contributed by atoms with Gasteiger partial charge in [-0.15, -0.1) is 0 Å². The molecule has 1 atom stereocenters. The van der Waals surface area contributed by atoms with Crippen LogP contribution in [-0.2, 0) is 13.2 Å². The Kier molecular flexibility index (Phi) is 11.1. The quantitative estimate of drug-likeness (QED) is 0.458. The Balaban J connectivity index is 4.40. The second-order valence-corrected chi connectivity index (χ2v) is 9.28. The van der Waals surface area contributed by atoms with E-state index in [0.717, 1.165) is 25.7 Å². The standard InChI is InChI=1S/C8H16O2.2C3H7O.Bi/c1-3-5-6-7(4-2)8(9)10;2*1-3(2)4;/h7H,3-6H2,1-2H3,(H,9,10);2*3H,1-2H3;/q;2*-1;+3/p-1. The normalized spacial score (nSPS) is 13.3. The predicted octanol–water partition coefficient (Wildman–Crippen LogP) is 3.58. The molecule has 0 aliphatic heterocycles. The third kappa shape index (κ3) is 9.75. The van der Waals surface area contributed by atoms with Crippen LogP contribution in [0.15, 0.2) is 0 Å². The average molecular weight is 470 g/mol. The molecule has 0 saturated carbocycles. The first kappa shape index (κ1) is 19.3. The topological polar surface area (TPSA) is 44.8 Å². The van der Waals surface area contributed by atoms with Crippen LogP contribution in [0.4, 0.5) is 0 Å². The van der Waals surface area contributed by atoms with Gasteiger partial charge in [-0.3, -0.25) is 0 Å². The number of hydrogen-bond donors (Lipinski definition) is 0. The van der Waals surface area contributed by atoms with Crippen molar-refractivity contribution < 1.29 is 13.2 Å². The van der Waals surface area contributed by atoms with Crippen LogP contribution in [-0.4, -0.2) is 41.2 Å². The van der Waals surface area contributed by atoms with E-state index in [1.807, 2.05) is 34.6 Å². The molecule has 4 nitrogen and oxygen atoms in total. The Bertz CT molecular complexity index is 234. The maximum atomic E-state index is 12.1. The van der Waals surface area contributed by atoms with Crippen molar-refractivity contribution in [1.82, 2.24) is 0 Å². The van der Waals surface area contributed by atoms with Gasteiger partial charge in [0, 0.05) is 0 Å². The van der Waals surface area contributed by atoms with E-state index in [-0.39, 0.29) is 24.1 Å². The van der Waals surface area contributed by atoms with Gasteiger partial charge in [-0.2, -0.15) is 0 Å². The van der Waals surface area contributed by atoms with Gasteiger partial charge in [-0.1, -0.05) is 0 Å². The molecule has 0 heterocycles. The van der Waals surface area contributed by atoms with E-state index < -0.39 is 23.1 Å². The second-order valence-electron chi connectivity index (χ2n) is 5.19. The van der Waals surface area contributed by atoms with Crippen LogP contribution in [0.5, 0.6) is 0 Å². The number of hydrogen-bond acceptors (Lipinski definition) is 4. The molecule has 0 radical (unpaired) electrons. The Labute approximate surface area is 127 Å². The van der Waals surface area contributed by atoms with Gasteiger partial charge >= 0.3 is 128 Å². The molecule has 0 rings (SSSR count). The summed E-state index contributed by atoms with van der Waals surface area (Å²) in [6, 6.07) is 0. The molecule has 0 aromatic carbocycles. The fraction of sp³-hybridized carbons (Fsp3) is 0.929. The fourth-order valence-electron chi connectivity index (χ4n) is 1.50. The van der Waals surface area contributed by atoms with Gasteiger partial charge in [0.2, 0.25) is 0 Å². The summed E-state index contributed by atoms with van der Waals surface area (Å²) in [5.41, 5.74) is 0. The SMILES string of the molecule is CCCCC(CC)C(=O)[O][Bi]([O]C(C)C)[O]C(C)C. The molecule has 0 saturated heterocycles. The van der Waals surface area contributed by atoms with E-state index in [4.69, 9.17) is 8.44 Å². The summed E-state index contributed by atoms with van der Waals surface area (Å²) in [5.74, 6) is -0.140. The summed E-state index contributed by atoms with van der Waals surface area (Å²) in [4.78, 5) is 12.1. The summed E-state index contributed by atoms with van der Waals surface area (Å²) in [5, 5.41) is 0. The van der Waals surface area contributed by atoms with Crippen LogP contribution in [0.1, 0.15) is 67.2 Å². The van der Waals surface area contributed by atoms with Crippen LogP contribution >= 0.6 is 0 Å².